The van der Waals surface area contributed by atoms with Crippen LogP contribution < -0.4 is 0 Å². The smallest absolute Gasteiger partial charge is 0.124 e. The van der Waals surface area contributed by atoms with Crippen molar-refractivity contribution < 1.29 is 0 Å². The summed E-state index contributed by atoms with van der Waals surface area (Å²) in [5.41, 5.74) is 1.61. The molecule has 0 fully saturated rings. The predicted molar refractivity (Wildman–Crippen MR) is 53.0 cm³/mol. The number of aromatic nitrogens is 2. The average Bonchev–Trinajstić information content (AvgIpc) is 2.76. The molecule has 15 heavy (non-hydrogen) atoms. The number of rotatable bonds is 1. The lowest BCUT2D eigenvalue weighted by Crippen LogP contribution is -1.98. The Morgan fingerprint density at radius 2 is 2.07 bits per heavy atom. The van der Waals surface area contributed by atoms with Gasteiger partial charge in [-0.15, -0.1) is 0 Å². The van der Waals surface area contributed by atoms with Crippen LogP contribution in [0.2, 0.25) is 0 Å². The molecule has 0 aliphatic carbocycles. The summed E-state index contributed by atoms with van der Waals surface area (Å²) in [7, 11) is 0. The van der Waals surface area contributed by atoms with Crippen LogP contribution in [0.4, 0.5) is 0 Å². The first-order valence-electron chi connectivity index (χ1n) is 4.29. The fourth-order valence-corrected chi connectivity index (χ4v) is 1.35. The first-order valence-corrected chi connectivity index (χ1v) is 4.29. The molecule has 70 valence electrons. The van der Waals surface area contributed by atoms with E-state index in [9.17, 15) is 0 Å². The van der Waals surface area contributed by atoms with Crippen molar-refractivity contribution in [3.63, 3.8) is 0 Å². The molecule has 0 N–H and O–H groups in total. The Labute approximate surface area is 86.6 Å². The quantitative estimate of drug-likeness (QED) is 0.692. The monoisotopic (exact) mass is 194 g/mol. The van der Waals surface area contributed by atoms with Crippen LogP contribution in [0.5, 0.6) is 0 Å². The van der Waals surface area contributed by atoms with Crippen LogP contribution in [0, 0.1) is 22.7 Å². The van der Waals surface area contributed by atoms with Gasteiger partial charge in [-0.25, -0.2) is 0 Å². The van der Waals surface area contributed by atoms with Crippen molar-refractivity contribution in [2.45, 2.75) is 0 Å². The zero-order valence-corrected chi connectivity index (χ0v) is 7.75. The van der Waals surface area contributed by atoms with E-state index in [1.807, 2.05) is 0 Å². The molecular formula is C11H6N4. The van der Waals surface area contributed by atoms with Crippen molar-refractivity contribution in [1.82, 2.24) is 9.55 Å². The summed E-state index contributed by atoms with van der Waals surface area (Å²) >= 11 is 0. The van der Waals surface area contributed by atoms with Crippen LogP contribution in [0.15, 0.2) is 36.8 Å². The highest BCUT2D eigenvalue weighted by atomic mass is 15.0. The molecule has 0 saturated heterocycles. The van der Waals surface area contributed by atoms with Crippen molar-refractivity contribution in [3.05, 3.63) is 48.0 Å². The van der Waals surface area contributed by atoms with E-state index >= 15 is 0 Å². The molecule has 4 nitrogen and oxygen atoms in total. The van der Waals surface area contributed by atoms with Crippen molar-refractivity contribution in [1.29, 1.82) is 10.5 Å². The molecule has 0 radical (unpaired) electrons. The van der Waals surface area contributed by atoms with E-state index in [0.29, 0.717) is 16.9 Å². The molecule has 2 aromatic heterocycles. The van der Waals surface area contributed by atoms with Gasteiger partial charge in [-0.3, -0.25) is 4.98 Å². The Bertz CT molecular complexity index is 569. The Kier molecular flexibility index (Phi) is 2.19. The van der Waals surface area contributed by atoms with E-state index in [4.69, 9.17) is 10.5 Å². The second kappa shape index (κ2) is 3.65. The lowest BCUT2D eigenvalue weighted by molar-refractivity contribution is 1.03. The zero-order chi connectivity index (χ0) is 10.7. The maximum atomic E-state index is 8.91. The van der Waals surface area contributed by atoms with Gasteiger partial charge in [0.1, 0.15) is 17.8 Å². The van der Waals surface area contributed by atoms with Gasteiger partial charge in [-0.2, -0.15) is 10.5 Å². The fourth-order valence-electron chi connectivity index (χ4n) is 1.35. The summed E-state index contributed by atoms with van der Waals surface area (Å²) in [6.07, 6.45) is 4.85. The fraction of sp³-hybridized carbons (Fsp3) is 0. The highest BCUT2D eigenvalue weighted by Gasteiger charge is 2.06. The molecule has 0 spiro atoms. The molecule has 0 aliphatic rings. The minimum Gasteiger partial charge on any atom is -0.305 e. The molecule has 0 unspecified atom stereocenters. The molecular weight excluding hydrogens is 188 g/mol. The van der Waals surface area contributed by atoms with Gasteiger partial charge >= 0.3 is 0 Å². The van der Waals surface area contributed by atoms with Gasteiger partial charge in [0.15, 0.2) is 0 Å². The number of nitriles is 2. The van der Waals surface area contributed by atoms with Gasteiger partial charge in [0.2, 0.25) is 0 Å². The van der Waals surface area contributed by atoms with Crippen LogP contribution in [0.1, 0.15) is 11.3 Å². The van der Waals surface area contributed by atoms with E-state index in [0.717, 1.165) is 0 Å². The van der Waals surface area contributed by atoms with Crippen LogP contribution >= 0.6 is 0 Å². The van der Waals surface area contributed by atoms with Gasteiger partial charge in [0.05, 0.1) is 17.4 Å². The van der Waals surface area contributed by atoms with Crippen LogP contribution in [-0.2, 0) is 0 Å². The third-order valence-electron chi connectivity index (χ3n) is 2.04. The molecule has 2 heterocycles. The zero-order valence-electron chi connectivity index (χ0n) is 7.75. The Hall–Kier alpha value is -2.59. The number of hydrogen-bond acceptors (Lipinski definition) is 3. The number of pyridine rings is 1. The lowest BCUT2D eigenvalue weighted by atomic mass is 10.2. The molecule has 0 aromatic carbocycles. The van der Waals surface area contributed by atoms with Crippen LogP contribution in [-0.4, -0.2) is 9.55 Å². The minimum atomic E-state index is 0.486. The molecule has 0 aliphatic heterocycles. The second-order valence-corrected chi connectivity index (χ2v) is 2.88. The summed E-state index contributed by atoms with van der Waals surface area (Å²) in [6, 6.07) is 9.18. The molecule has 0 bridgehead atoms. The summed E-state index contributed by atoms with van der Waals surface area (Å²) in [6.45, 7) is 0. The number of nitrogens with zero attached hydrogens (tertiary/aromatic N) is 4. The number of hydrogen-bond donors (Lipinski definition) is 0. The SMILES string of the molecule is N#Cc1ccncc1-n1cccc1C#N. The summed E-state index contributed by atoms with van der Waals surface area (Å²) in [5, 5.41) is 17.8. The molecule has 4 heteroatoms. The first kappa shape index (κ1) is 8.98. The van der Waals surface area contributed by atoms with Gasteiger partial charge in [-0.05, 0) is 18.2 Å². The third-order valence-corrected chi connectivity index (χ3v) is 2.04. The maximum absolute atomic E-state index is 8.91. The highest BCUT2D eigenvalue weighted by Crippen LogP contribution is 2.14. The van der Waals surface area contributed by atoms with Crippen LogP contribution in [0.25, 0.3) is 5.69 Å². The highest BCUT2D eigenvalue weighted by molar-refractivity contribution is 5.49. The standard InChI is InChI=1S/C11H6N4/c12-6-9-3-4-14-8-11(9)15-5-1-2-10(15)7-13/h1-5,8H. The minimum absolute atomic E-state index is 0.486. The van der Waals surface area contributed by atoms with Crippen molar-refractivity contribution in [2.24, 2.45) is 0 Å². The molecule has 2 aromatic rings. The van der Waals surface area contributed by atoms with Crippen molar-refractivity contribution in [2.75, 3.05) is 0 Å². The largest absolute Gasteiger partial charge is 0.305 e. The van der Waals surface area contributed by atoms with Gasteiger partial charge in [-0.1, -0.05) is 0 Å². The maximum Gasteiger partial charge on any atom is 0.124 e. The van der Waals surface area contributed by atoms with Gasteiger partial charge < -0.3 is 4.57 Å². The van der Waals surface area contributed by atoms with Gasteiger partial charge in [0, 0.05) is 12.4 Å². The molecule has 0 atom stereocenters. The van der Waals surface area contributed by atoms with E-state index < -0.39 is 0 Å². The first-order chi connectivity index (χ1) is 7.36. The van der Waals surface area contributed by atoms with E-state index in [1.54, 1.807) is 41.4 Å². The summed E-state index contributed by atoms with van der Waals surface area (Å²) in [5.74, 6) is 0. The van der Waals surface area contributed by atoms with Crippen molar-refractivity contribution >= 4 is 0 Å². The molecule has 2 rings (SSSR count). The second-order valence-electron chi connectivity index (χ2n) is 2.88. The Morgan fingerprint density at radius 1 is 1.20 bits per heavy atom. The Morgan fingerprint density at radius 3 is 2.80 bits per heavy atom. The molecule has 0 saturated carbocycles. The third kappa shape index (κ3) is 1.45. The van der Waals surface area contributed by atoms with E-state index in [2.05, 4.69) is 17.1 Å². The van der Waals surface area contributed by atoms with Gasteiger partial charge in [0.25, 0.3) is 0 Å². The van der Waals surface area contributed by atoms with Crippen LogP contribution in [0.3, 0.4) is 0 Å². The summed E-state index contributed by atoms with van der Waals surface area (Å²) in [4.78, 5) is 3.94. The predicted octanol–water partition coefficient (Wildman–Crippen LogP) is 1.62. The lowest BCUT2D eigenvalue weighted by Gasteiger charge is -2.05. The average molecular weight is 194 g/mol. The topological polar surface area (TPSA) is 65.4 Å². The summed E-state index contributed by atoms with van der Waals surface area (Å²) < 4.78 is 1.64. The van der Waals surface area contributed by atoms with E-state index in [1.165, 1.54) is 0 Å². The van der Waals surface area contributed by atoms with E-state index in [-0.39, 0.29) is 0 Å². The Balaban J connectivity index is 2.66. The normalized spacial score (nSPS) is 9.20. The van der Waals surface area contributed by atoms with Crippen molar-refractivity contribution in [3.8, 4) is 17.8 Å². The molecule has 0 amide bonds.